The van der Waals surface area contributed by atoms with E-state index in [1.807, 2.05) is 40.4 Å². The fourth-order valence-corrected chi connectivity index (χ4v) is 3.10. The molecule has 3 rings (SSSR count). The van der Waals surface area contributed by atoms with Gasteiger partial charge >= 0.3 is 0 Å². The molecule has 0 aliphatic rings. The number of hydrogen-bond donors (Lipinski definition) is 1. The van der Waals surface area contributed by atoms with Crippen molar-refractivity contribution in [3.05, 3.63) is 70.7 Å². The van der Waals surface area contributed by atoms with Crippen LogP contribution in [0, 0.1) is 0 Å². The Bertz CT molecular complexity index is 658. The highest BCUT2D eigenvalue weighted by molar-refractivity contribution is 7.09. The number of rotatable bonds is 6. The Hall–Kier alpha value is -1.91. The molecule has 0 bridgehead atoms. The van der Waals surface area contributed by atoms with Gasteiger partial charge in [-0.05, 0) is 36.9 Å². The molecule has 21 heavy (non-hydrogen) atoms. The van der Waals surface area contributed by atoms with Gasteiger partial charge in [-0.15, -0.1) is 11.3 Å². The number of para-hydroxylation sites is 1. The van der Waals surface area contributed by atoms with Gasteiger partial charge < -0.3 is 5.32 Å². The van der Waals surface area contributed by atoms with Crippen LogP contribution in [0.4, 0.5) is 0 Å². The quantitative estimate of drug-likeness (QED) is 0.752. The minimum Gasteiger partial charge on any atom is -0.310 e. The Morgan fingerprint density at radius 1 is 1.19 bits per heavy atom. The number of nitrogens with zero attached hydrogens (tertiary/aromatic N) is 2. The highest BCUT2D eigenvalue weighted by Crippen LogP contribution is 2.12. The molecule has 2 aromatic heterocycles. The van der Waals surface area contributed by atoms with E-state index in [1.165, 1.54) is 10.4 Å². The summed E-state index contributed by atoms with van der Waals surface area (Å²) in [6, 6.07) is 14.9. The van der Waals surface area contributed by atoms with E-state index in [1.54, 1.807) is 0 Å². The van der Waals surface area contributed by atoms with E-state index in [0.717, 1.165) is 18.7 Å². The molecule has 3 nitrogen and oxygen atoms in total. The number of thiophene rings is 1. The minimum absolute atomic E-state index is 0.462. The van der Waals surface area contributed by atoms with Crippen LogP contribution in [0.5, 0.6) is 0 Å². The lowest BCUT2D eigenvalue weighted by Crippen LogP contribution is -2.27. The Kier molecular flexibility index (Phi) is 4.48. The standard InChI is InChI=1S/C17H19N3S/c1-14(10-17-8-5-9-21-17)18-11-15-12-19-20(13-15)16-6-3-2-4-7-16/h2-9,12-14,18H,10-11H2,1H3. The van der Waals surface area contributed by atoms with Crippen molar-refractivity contribution in [1.29, 1.82) is 0 Å². The predicted molar refractivity (Wildman–Crippen MR) is 87.9 cm³/mol. The monoisotopic (exact) mass is 297 g/mol. The van der Waals surface area contributed by atoms with Crippen molar-refractivity contribution in [1.82, 2.24) is 15.1 Å². The minimum atomic E-state index is 0.462. The summed E-state index contributed by atoms with van der Waals surface area (Å²) in [5.41, 5.74) is 2.30. The Labute approximate surface area is 129 Å². The fourth-order valence-electron chi connectivity index (χ4n) is 2.27. The second kappa shape index (κ2) is 6.70. The average molecular weight is 297 g/mol. The molecular weight excluding hydrogens is 278 g/mol. The summed E-state index contributed by atoms with van der Waals surface area (Å²) in [6.07, 6.45) is 5.09. The Balaban J connectivity index is 1.55. The maximum atomic E-state index is 4.42. The predicted octanol–water partition coefficient (Wildman–Crippen LogP) is 3.65. The Morgan fingerprint density at radius 3 is 2.81 bits per heavy atom. The molecule has 0 fully saturated rings. The normalized spacial score (nSPS) is 12.4. The summed E-state index contributed by atoms with van der Waals surface area (Å²) in [6.45, 7) is 3.07. The topological polar surface area (TPSA) is 29.9 Å². The van der Waals surface area contributed by atoms with Crippen LogP contribution in [-0.2, 0) is 13.0 Å². The van der Waals surface area contributed by atoms with Crippen LogP contribution in [-0.4, -0.2) is 15.8 Å². The summed E-state index contributed by atoms with van der Waals surface area (Å²) >= 11 is 1.82. The molecule has 0 saturated heterocycles. The summed E-state index contributed by atoms with van der Waals surface area (Å²) in [5.74, 6) is 0. The zero-order valence-corrected chi connectivity index (χ0v) is 12.9. The molecule has 0 amide bonds. The average Bonchev–Trinajstić information content (AvgIpc) is 3.17. The summed E-state index contributed by atoms with van der Waals surface area (Å²) < 4.78 is 1.92. The number of benzene rings is 1. The van der Waals surface area contributed by atoms with Crippen LogP contribution in [0.2, 0.25) is 0 Å². The second-order valence-corrected chi connectivity index (χ2v) is 6.23. The molecule has 108 valence electrons. The molecule has 4 heteroatoms. The lowest BCUT2D eigenvalue weighted by molar-refractivity contribution is 0.548. The van der Waals surface area contributed by atoms with Crippen molar-refractivity contribution in [3.8, 4) is 5.69 Å². The molecule has 1 aromatic carbocycles. The number of hydrogen-bond acceptors (Lipinski definition) is 3. The van der Waals surface area contributed by atoms with Crippen molar-refractivity contribution >= 4 is 11.3 Å². The maximum Gasteiger partial charge on any atom is 0.0645 e. The van der Waals surface area contributed by atoms with Gasteiger partial charge in [0.2, 0.25) is 0 Å². The molecule has 0 spiro atoms. The molecule has 3 aromatic rings. The third-order valence-corrected chi connectivity index (χ3v) is 4.30. The first-order valence-electron chi connectivity index (χ1n) is 7.16. The first kappa shape index (κ1) is 14.0. The van der Waals surface area contributed by atoms with E-state index >= 15 is 0 Å². The molecule has 1 N–H and O–H groups in total. The fraction of sp³-hybridized carbons (Fsp3) is 0.235. The van der Waals surface area contributed by atoms with E-state index in [4.69, 9.17) is 0 Å². The summed E-state index contributed by atoms with van der Waals surface area (Å²) in [5, 5.41) is 10.1. The van der Waals surface area contributed by atoms with Crippen molar-refractivity contribution in [2.45, 2.75) is 25.9 Å². The first-order chi connectivity index (χ1) is 10.3. The van der Waals surface area contributed by atoms with Gasteiger partial charge in [0.1, 0.15) is 0 Å². The van der Waals surface area contributed by atoms with Crippen LogP contribution in [0.15, 0.2) is 60.2 Å². The molecule has 0 radical (unpaired) electrons. The molecule has 2 heterocycles. The lowest BCUT2D eigenvalue weighted by atomic mass is 10.2. The first-order valence-corrected chi connectivity index (χ1v) is 8.04. The molecule has 1 unspecified atom stereocenters. The third kappa shape index (κ3) is 3.80. The maximum absolute atomic E-state index is 4.42. The van der Waals surface area contributed by atoms with Gasteiger partial charge in [0.15, 0.2) is 0 Å². The van der Waals surface area contributed by atoms with Gasteiger partial charge in [0.05, 0.1) is 11.9 Å². The van der Waals surface area contributed by atoms with Gasteiger partial charge in [0.25, 0.3) is 0 Å². The third-order valence-electron chi connectivity index (χ3n) is 3.40. The number of nitrogens with one attached hydrogen (secondary N) is 1. The van der Waals surface area contributed by atoms with Crippen molar-refractivity contribution in [2.75, 3.05) is 0 Å². The highest BCUT2D eigenvalue weighted by atomic mass is 32.1. The van der Waals surface area contributed by atoms with Crippen molar-refractivity contribution < 1.29 is 0 Å². The molecule has 1 atom stereocenters. The SMILES string of the molecule is CC(Cc1cccs1)NCc1cnn(-c2ccccc2)c1. The Morgan fingerprint density at radius 2 is 2.05 bits per heavy atom. The zero-order valence-electron chi connectivity index (χ0n) is 12.1. The van der Waals surface area contributed by atoms with E-state index in [9.17, 15) is 0 Å². The summed E-state index contributed by atoms with van der Waals surface area (Å²) in [7, 11) is 0. The van der Waals surface area contributed by atoms with Crippen LogP contribution in [0.3, 0.4) is 0 Å². The number of aromatic nitrogens is 2. The zero-order chi connectivity index (χ0) is 14.5. The van der Waals surface area contributed by atoms with E-state index in [2.05, 4.69) is 53.2 Å². The van der Waals surface area contributed by atoms with Gasteiger partial charge in [0, 0.05) is 29.2 Å². The van der Waals surface area contributed by atoms with Crippen LogP contribution < -0.4 is 5.32 Å². The molecular formula is C17H19N3S. The van der Waals surface area contributed by atoms with Crippen LogP contribution in [0.1, 0.15) is 17.4 Å². The van der Waals surface area contributed by atoms with Gasteiger partial charge in [-0.2, -0.15) is 5.10 Å². The van der Waals surface area contributed by atoms with Crippen LogP contribution in [0.25, 0.3) is 5.69 Å². The lowest BCUT2D eigenvalue weighted by Gasteiger charge is -2.11. The van der Waals surface area contributed by atoms with Gasteiger partial charge in [-0.3, -0.25) is 0 Å². The highest BCUT2D eigenvalue weighted by Gasteiger charge is 2.05. The largest absolute Gasteiger partial charge is 0.310 e. The smallest absolute Gasteiger partial charge is 0.0645 e. The second-order valence-electron chi connectivity index (χ2n) is 5.19. The van der Waals surface area contributed by atoms with Gasteiger partial charge in [-0.25, -0.2) is 4.68 Å². The van der Waals surface area contributed by atoms with E-state index < -0.39 is 0 Å². The van der Waals surface area contributed by atoms with Gasteiger partial charge in [-0.1, -0.05) is 24.3 Å². The molecule has 0 aliphatic carbocycles. The summed E-state index contributed by atoms with van der Waals surface area (Å²) in [4.78, 5) is 1.43. The van der Waals surface area contributed by atoms with Crippen molar-refractivity contribution in [3.63, 3.8) is 0 Å². The van der Waals surface area contributed by atoms with E-state index in [-0.39, 0.29) is 0 Å². The molecule has 0 aliphatic heterocycles. The van der Waals surface area contributed by atoms with Crippen LogP contribution >= 0.6 is 11.3 Å². The molecule has 0 saturated carbocycles. The van der Waals surface area contributed by atoms with Crippen molar-refractivity contribution in [2.24, 2.45) is 0 Å². The van der Waals surface area contributed by atoms with E-state index in [0.29, 0.717) is 6.04 Å².